The minimum absolute atomic E-state index is 0.0373. The van der Waals surface area contributed by atoms with Crippen molar-refractivity contribution in [1.29, 1.82) is 0 Å². The van der Waals surface area contributed by atoms with Gasteiger partial charge in [-0.3, -0.25) is 19.2 Å². The van der Waals surface area contributed by atoms with Crippen LogP contribution in [0.3, 0.4) is 0 Å². The van der Waals surface area contributed by atoms with E-state index in [-0.39, 0.29) is 6.42 Å². The highest BCUT2D eigenvalue weighted by Crippen LogP contribution is 2.20. The second-order valence-corrected chi connectivity index (χ2v) is 6.04. The Morgan fingerprint density at radius 2 is 1.89 bits per heavy atom. The average Bonchev–Trinajstić information content (AvgIpc) is 2.59. The zero-order chi connectivity index (χ0) is 20.6. The number of rotatable bonds is 10. The third-order valence-corrected chi connectivity index (χ3v) is 3.77. The van der Waals surface area contributed by atoms with E-state index in [0.29, 0.717) is 11.3 Å². The fraction of sp³-hybridized carbons (Fsp3) is 0.444. The Hall–Kier alpha value is -2.97. The van der Waals surface area contributed by atoms with E-state index in [2.05, 4.69) is 10.6 Å². The van der Waals surface area contributed by atoms with Crippen molar-refractivity contribution in [3.8, 4) is 5.75 Å². The number of aliphatic carboxylic acids is 1. The topological polar surface area (TPSA) is 122 Å². The largest absolute Gasteiger partial charge is 0.496 e. The molecule has 0 saturated heterocycles. The number of halogens is 1. The van der Waals surface area contributed by atoms with Crippen LogP contribution in [-0.4, -0.2) is 54.5 Å². The predicted molar refractivity (Wildman–Crippen MR) is 94.2 cm³/mol. The zero-order valence-corrected chi connectivity index (χ0v) is 15.4. The molecule has 0 aromatic heterocycles. The average molecular weight is 382 g/mol. The highest BCUT2D eigenvalue weighted by Gasteiger charge is 2.26. The maximum Gasteiger partial charge on any atom is 0.305 e. The lowest BCUT2D eigenvalue weighted by atomic mass is 10.1. The minimum Gasteiger partial charge on any atom is -0.496 e. The lowest BCUT2D eigenvalue weighted by Gasteiger charge is -2.19. The summed E-state index contributed by atoms with van der Waals surface area (Å²) in [6.45, 7) is 1.84. The molecule has 2 atom stereocenters. The summed E-state index contributed by atoms with van der Waals surface area (Å²) in [5, 5.41) is 13.4. The van der Waals surface area contributed by atoms with Crippen molar-refractivity contribution in [2.75, 3.05) is 13.8 Å². The number of methoxy groups -OCH3 is 1. The monoisotopic (exact) mass is 382 g/mol. The van der Waals surface area contributed by atoms with Gasteiger partial charge < -0.3 is 20.5 Å². The number of carboxylic acids is 1. The van der Waals surface area contributed by atoms with E-state index in [9.17, 15) is 23.6 Å². The van der Waals surface area contributed by atoms with Gasteiger partial charge in [-0.2, -0.15) is 0 Å². The summed E-state index contributed by atoms with van der Waals surface area (Å²) in [6, 6.07) is 2.81. The van der Waals surface area contributed by atoms with Crippen molar-refractivity contribution in [2.24, 2.45) is 0 Å². The molecule has 0 bridgehead atoms. The summed E-state index contributed by atoms with van der Waals surface area (Å²) in [5.41, 5.74) is 1.57. The van der Waals surface area contributed by atoms with Gasteiger partial charge in [-0.15, -0.1) is 0 Å². The van der Waals surface area contributed by atoms with Gasteiger partial charge in [0.25, 0.3) is 0 Å². The molecule has 0 heterocycles. The number of carboxylic acid groups (broad SMARTS) is 1. The Balaban J connectivity index is 2.71. The van der Waals surface area contributed by atoms with Gasteiger partial charge in [-0.1, -0.05) is 17.7 Å². The minimum atomic E-state index is -1.49. The Bertz CT molecular complexity index is 722. The van der Waals surface area contributed by atoms with E-state index in [1.165, 1.54) is 14.0 Å². The summed E-state index contributed by atoms with van der Waals surface area (Å²) in [4.78, 5) is 46.5. The summed E-state index contributed by atoms with van der Waals surface area (Å²) in [7, 11) is 1.48. The Labute approximate surface area is 156 Å². The molecule has 0 radical (unpaired) electrons. The first kappa shape index (κ1) is 22.1. The molecule has 148 valence electrons. The highest BCUT2D eigenvalue weighted by atomic mass is 19.1. The number of hydrogen-bond donors (Lipinski definition) is 3. The molecule has 9 heteroatoms. The molecule has 8 nitrogen and oxygen atoms in total. The van der Waals surface area contributed by atoms with Crippen LogP contribution in [0.4, 0.5) is 4.39 Å². The maximum atomic E-state index is 12.5. The number of benzene rings is 1. The quantitative estimate of drug-likeness (QED) is 0.543. The molecule has 27 heavy (non-hydrogen) atoms. The molecule has 1 rings (SSSR count). The molecule has 0 saturated carbocycles. The number of Topliss-reactive ketones (excluding diaryl/α,β-unsaturated/α-hetero) is 1. The molecule has 0 aliphatic carbocycles. The second kappa shape index (κ2) is 10.2. The number of carbonyl (C=O) groups excluding carboxylic acids is 3. The number of amides is 2. The van der Waals surface area contributed by atoms with Crippen molar-refractivity contribution in [3.05, 3.63) is 29.3 Å². The summed E-state index contributed by atoms with van der Waals surface area (Å²) in [5.74, 6) is -3.12. The molecule has 0 aliphatic rings. The van der Waals surface area contributed by atoms with E-state index in [4.69, 9.17) is 9.84 Å². The molecule has 1 unspecified atom stereocenters. The van der Waals surface area contributed by atoms with Gasteiger partial charge in [0.2, 0.25) is 11.8 Å². The van der Waals surface area contributed by atoms with Gasteiger partial charge in [0.05, 0.1) is 20.0 Å². The van der Waals surface area contributed by atoms with Gasteiger partial charge in [0.15, 0.2) is 5.78 Å². The van der Waals surface area contributed by atoms with Crippen molar-refractivity contribution in [1.82, 2.24) is 10.6 Å². The van der Waals surface area contributed by atoms with Gasteiger partial charge in [-0.05, 0) is 19.9 Å². The van der Waals surface area contributed by atoms with Crippen LogP contribution in [0.1, 0.15) is 24.5 Å². The van der Waals surface area contributed by atoms with Crippen LogP contribution in [-0.2, 0) is 25.6 Å². The van der Waals surface area contributed by atoms with Gasteiger partial charge in [0.1, 0.15) is 24.5 Å². The van der Waals surface area contributed by atoms with Crippen LogP contribution in [0, 0.1) is 6.92 Å². The number of aryl methyl sites for hydroxylation is 1. The normalized spacial score (nSPS) is 12.6. The molecule has 0 spiro atoms. The Kier molecular flexibility index (Phi) is 8.37. The molecule has 0 aliphatic heterocycles. The van der Waals surface area contributed by atoms with Crippen molar-refractivity contribution < 1.29 is 33.4 Å². The number of hydrogen-bond acceptors (Lipinski definition) is 5. The van der Waals surface area contributed by atoms with Crippen LogP contribution in [0.2, 0.25) is 0 Å². The summed E-state index contributed by atoms with van der Waals surface area (Å²) in [6.07, 6.45) is -0.778. The third-order valence-electron chi connectivity index (χ3n) is 3.77. The standard InChI is InChI=1S/C18H23FN2O6/c1-10-4-5-15(27-3)12(6-10)7-16(23)20-11(2)18(26)21-13(8-17(24)25)14(22)9-19/h4-6,11,13H,7-9H2,1-3H3,(H,20,23)(H,21,26)(H,24,25)/t11-,13?/m0/s1. The molecule has 3 N–H and O–H groups in total. The summed E-state index contributed by atoms with van der Waals surface area (Å²) < 4.78 is 17.7. The Morgan fingerprint density at radius 3 is 2.44 bits per heavy atom. The maximum absolute atomic E-state index is 12.5. The van der Waals surface area contributed by atoms with Crippen molar-refractivity contribution >= 4 is 23.6 Å². The highest BCUT2D eigenvalue weighted by molar-refractivity contribution is 5.95. The molecule has 1 aromatic rings. The van der Waals surface area contributed by atoms with Crippen LogP contribution in [0.5, 0.6) is 5.75 Å². The smallest absolute Gasteiger partial charge is 0.305 e. The number of ketones is 1. The molecular formula is C18H23FN2O6. The number of alkyl halides is 1. The van der Waals surface area contributed by atoms with Crippen molar-refractivity contribution in [2.45, 2.75) is 38.8 Å². The first-order valence-corrected chi connectivity index (χ1v) is 8.21. The van der Waals surface area contributed by atoms with Crippen LogP contribution in [0.15, 0.2) is 18.2 Å². The first-order valence-electron chi connectivity index (χ1n) is 8.21. The predicted octanol–water partition coefficient (Wildman–Crippen LogP) is 0.549. The van der Waals surface area contributed by atoms with Gasteiger partial charge >= 0.3 is 5.97 Å². The third kappa shape index (κ3) is 7.04. The molecule has 2 amide bonds. The van der Waals surface area contributed by atoms with Crippen molar-refractivity contribution in [3.63, 3.8) is 0 Å². The first-order chi connectivity index (χ1) is 12.7. The van der Waals surface area contributed by atoms with Gasteiger partial charge in [-0.25, -0.2) is 4.39 Å². The zero-order valence-electron chi connectivity index (χ0n) is 15.4. The number of ether oxygens (including phenoxy) is 1. The fourth-order valence-electron chi connectivity index (χ4n) is 2.39. The number of nitrogens with one attached hydrogen (secondary N) is 2. The van der Waals surface area contributed by atoms with Gasteiger partial charge in [0, 0.05) is 5.56 Å². The molecular weight excluding hydrogens is 359 g/mol. The van der Waals surface area contributed by atoms with E-state index in [1.54, 1.807) is 12.1 Å². The van der Waals surface area contributed by atoms with E-state index in [1.807, 2.05) is 13.0 Å². The van der Waals surface area contributed by atoms with Crippen LogP contribution in [0.25, 0.3) is 0 Å². The lowest BCUT2D eigenvalue weighted by molar-refractivity contribution is -0.140. The summed E-state index contributed by atoms with van der Waals surface area (Å²) >= 11 is 0. The molecule has 0 fully saturated rings. The SMILES string of the molecule is COc1ccc(C)cc1CC(=O)N[C@@H](C)C(=O)NC(CC(=O)O)C(=O)CF. The number of carbonyl (C=O) groups is 4. The Morgan fingerprint density at radius 1 is 1.22 bits per heavy atom. The lowest BCUT2D eigenvalue weighted by Crippen LogP contribution is -2.51. The fourth-order valence-corrected chi connectivity index (χ4v) is 2.39. The van der Waals surface area contributed by atoms with Crippen LogP contribution >= 0.6 is 0 Å². The van der Waals surface area contributed by atoms with E-state index in [0.717, 1.165) is 5.56 Å². The molecule has 1 aromatic carbocycles. The van der Waals surface area contributed by atoms with E-state index < -0.39 is 48.7 Å². The second-order valence-electron chi connectivity index (χ2n) is 6.04. The van der Waals surface area contributed by atoms with Crippen LogP contribution < -0.4 is 15.4 Å². The van der Waals surface area contributed by atoms with E-state index >= 15 is 0 Å².